The summed E-state index contributed by atoms with van der Waals surface area (Å²) in [5.74, 6) is -2.79. The van der Waals surface area contributed by atoms with Gasteiger partial charge in [-0.05, 0) is 79.5 Å². The molecule has 0 radical (unpaired) electrons. The number of rotatable bonds is 12. The Morgan fingerprint density at radius 3 is 2.50 bits per heavy atom. The van der Waals surface area contributed by atoms with Crippen LogP contribution in [0.15, 0.2) is 65.3 Å². The number of phenolic OH excluding ortho intramolecular Hbond substituents is 1. The molecule has 2 amide bonds. The average Bonchev–Trinajstić information content (AvgIpc) is 3.29. The molecule has 1 saturated carbocycles. The maximum atomic E-state index is 14.0. The zero-order valence-electron chi connectivity index (χ0n) is 25.5. The Bertz CT molecular complexity index is 1380. The van der Waals surface area contributed by atoms with E-state index in [0.717, 1.165) is 56.1 Å². The minimum absolute atomic E-state index is 0.0995. The van der Waals surface area contributed by atoms with E-state index in [2.05, 4.69) is 0 Å². The number of halogens is 1. The van der Waals surface area contributed by atoms with Crippen molar-refractivity contribution in [1.82, 2.24) is 4.90 Å². The molecule has 0 aromatic heterocycles. The van der Waals surface area contributed by atoms with Gasteiger partial charge in [0.2, 0.25) is 11.8 Å². The summed E-state index contributed by atoms with van der Waals surface area (Å²) in [7, 11) is 0. The van der Waals surface area contributed by atoms with Crippen molar-refractivity contribution < 1.29 is 34.0 Å². The minimum atomic E-state index is -0.967. The second kappa shape index (κ2) is 14.5. The van der Waals surface area contributed by atoms with Crippen molar-refractivity contribution in [3.63, 3.8) is 0 Å². The fourth-order valence-electron chi connectivity index (χ4n) is 7.42. The molecule has 2 aromatic carbocycles. The molecule has 44 heavy (non-hydrogen) atoms. The summed E-state index contributed by atoms with van der Waals surface area (Å²) >= 11 is 0. The Morgan fingerprint density at radius 2 is 1.82 bits per heavy atom. The summed E-state index contributed by atoms with van der Waals surface area (Å²) in [5.41, 5.74) is 3.00. The highest BCUT2D eigenvalue weighted by atomic mass is 19.1. The number of hydrogen-bond acceptors (Lipinski definition) is 6. The molecule has 7 nitrogen and oxygen atoms in total. The number of imide groups is 1. The average molecular weight is 606 g/mol. The fraction of sp³-hybridized carbons (Fsp3) is 0.500. The number of ether oxygens (including phenoxy) is 1. The van der Waals surface area contributed by atoms with E-state index in [1.54, 1.807) is 6.07 Å². The SMILES string of the molecule is CCC/C(=C\c1ccc(O)c(F)c1)CC[C@@H](O)C1=C(COc2ccccc2)C[C@H]2C(=O)N(C3CCCCC3)C(=O)[C@H]2[C@H]1CO. The van der Waals surface area contributed by atoms with Crippen LogP contribution in [0, 0.1) is 23.6 Å². The summed E-state index contributed by atoms with van der Waals surface area (Å²) in [6, 6.07) is 13.5. The topological polar surface area (TPSA) is 107 Å². The van der Waals surface area contributed by atoms with Crippen molar-refractivity contribution in [2.45, 2.75) is 83.3 Å². The number of phenols is 1. The van der Waals surface area contributed by atoms with Gasteiger partial charge in [-0.15, -0.1) is 0 Å². The molecular formula is C36H44FNO6. The number of allylic oxidation sites excluding steroid dienone is 1. The van der Waals surface area contributed by atoms with Gasteiger partial charge in [0.1, 0.15) is 12.4 Å². The normalized spacial score (nSPS) is 23.7. The molecule has 1 aliphatic heterocycles. The van der Waals surface area contributed by atoms with E-state index in [9.17, 15) is 29.3 Å². The Morgan fingerprint density at radius 1 is 1.07 bits per heavy atom. The Balaban J connectivity index is 1.42. The summed E-state index contributed by atoms with van der Waals surface area (Å²) in [4.78, 5) is 29.1. The molecule has 0 unspecified atom stereocenters. The number of carbonyl (C=O) groups is 2. The number of likely N-dealkylation sites (tertiary alicyclic amines) is 1. The van der Waals surface area contributed by atoms with Crippen molar-refractivity contribution in [3.8, 4) is 11.5 Å². The first-order valence-electron chi connectivity index (χ1n) is 16.1. The van der Waals surface area contributed by atoms with Gasteiger partial charge in [0, 0.05) is 12.0 Å². The maximum Gasteiger partial charge on any atom is 0.234 e. The molecule has 236 valence electrons. The predicted molar refractivity (Wildman–Crippen MR) is 166 cm³/mol. The third-order valence-corrected chi connectivity index (χ3v) is 9.52. The number of benzene rings is 2. The van der Waals surface area contributed by atoms with E-state index >= 15 is 0 Å². The predicted octanol–water partition coefficient (Wildman–Crippen LogP) is 6.18. The number of carbonyl (C=O) groups excluding carboxylic acids is 2. The molecule has 1 saturated heterocycles. The standard InChI is InChI=1S/C36H44FNO6/c1-2-9-23(18-24-15-16-31(40)30(37)19-24)14-17-32(41)33-25(22-44-27-12-7-4-8-13-27)20-28-34(29(33)21-39)36(43)38(35(28)42)26-10-5-3-6-11-26/h4,7-8,12-13,15-16,18-19,26,28-29,32,34,39-41H,2-3,5-6,9-11,14,17,20-22H2,1H3/b23-18+/t28-,29+,32-,34-/m1/s1. The maximum absolute atomic E-state index is 14.0. The largest absolute Gasteiger partial charge is 0.505 e. The van der Waals surface area contributed by atoms with Gasteiger partial charge < -0.3 is 20.1 Å². The summed E-state index contributed by atoms with van der Waals surface area (Å²) in [6.45, 7) is 1.84. The number of aromatic hydroxyl groups is 1. The second-order valence-electron chi connectivity index (χ2n) is 12.4. The first-order chi connectivity index (χ1) is 21.3. The highest BCUT2D eigenvalue weighted by Crippen LogP contribution is 2.47. The number of fused-ring (bicyclic) bond motifs is 1. The molecule has 2 fully saturated rings. The van der Waals surface area contributed by atoms with Crippen molar-refractivity contribution in [2.75, 3.05) is 13.2 Å². The van der Waals surface area contributed by atoms with E-state index in [1.807, 2.05) is 43.3 Å². The van der Waals surface area contributed by atoms with E-state index in [4.69, 9.17) is 4.74 Å². The van der Waals surface area contributed by atoms with Gasteiger partial charge in [-0.1, -0.05) is 68.5 Å². The number of amides is 2. The Hall–Kier alpha value is -3.49. The van der Waals surface area contributed by atoms with Crippen LogP contribution in [0.3, 0.4) is 0 Å². The highest BCUT2D eigenvalue weighted by Gasteiger charge is 2.56. The Kier molecular flexibility index (Phi) is 10.5. The van der Waals surface area contributed by atoms with E-state index in [-0.39, 0.29) is 31.1 Å². The van der Waals surface area contributed by atoms with E-state index in [1.165, 1.54) is 17.0 Å². The van der Waals surface area contributed by atoms with Gasteiger partial charge in [-0.3, -0.25) is 14.5 Å². The minimum Gasteiger partial charge on any atom is -0.505 e. The van der Waals surface area contributed by atoms with Crippen molar-refractivity contribution in [3.05, 3.63) is 76.6 Å². The molecule has 5 rings (SSSR count). The molecule has 4 atom stereocenters. The van der Waals surface area contributed by atoms with Gasteiger partial charge in [-0.25, -0.2) is 4.39 Å². The zero-order valence-corrected chi connectivity index (χ0v) is 25.5. The molecule has 2 aliphatic carbocycles. The summed E-state index contributed by atoms with van der Waals surface area (Å²) in [6.07, 6.45) is 8.38. The molecule has 0 bridgehead atoms. The van der Waals surface area contributed by atoms with Crippen LogP contribution < -0.4 is 4.74 Å². The van der Waals surface area contributed by atoms with Crippen LogP contribution in [-0.2, 0) is 9.59 Å². The molecule has 1 heterocycles. The zero-order chi connectivity index (χ0) is 31.2. The third kappa shape index (κ3) is 6.92. The van der Waals surface area contributed by atoms with Gasteiger partial charge in [0.25, 0.3) is 0 Å². The van der Waals surface area contributed by atoms with Gasteiger partial charge >= 0.3 is 0 Å². The van der Waals surface area contributed by atoms with Crippen LogP contribution in [0.5, 0.6) is 11.5 Å². The van der Waals surface area contributed by atoms with Crippen molar-refractivity contribution >= 4 is 17.9 Å². The lowest BCUT2D eigenvalue weighted by molar-refractivity contribution is -0.143. The Labute approximate surface area is 259 Å². The molecule has 8 heteroatoms. The van der Waals surface area contributed by atoms with Gasteiger partial charge in [0.15, 0.2) is 11.6 Å². The quantitative estimate of drug-likeness (QED) is 0.197. The summed E-state index contributed by atoms with van der Waals surface area (Å²) in [5, 5.41) is 32.0. The van der Waals surface area contributed by atoms with Crippen LogP contribution in [0.4, 0.5) is 4.39 Å². The van der Waals surface area contributed by atoms with Crippen LogP contribution in [-0.4, -0.2) is 57.4 Å². The number of para-hydroxylation sites is 1. The molecule has 2 aromatic rings. The van der Waals surface area contributed by atoms with Gasteiger partial charge in [-0.2, -0.15) is 0 Å². The monoisotopic (exact) mass is 605 g/mol. The van der Waals surface area contributed by atoms with Crippen LogP contribution in [0.2, 0.25) is 0 Å². The first kappa shape index (κ1) is 31.9. The summed E-state index contributed by atoms with van der Waals surface area (Å²) < 4.78 is 20.1. The van der Waals surface area contributed by atoms with Crippen LogP contribution in [0.25, 0.3) is 6.08 Å². The lowest BCUT2D eigenvalue weighted by Gasteiger charge is -2.36. The first-order valence-corrected chi connectivity index (χ1v) is 16.1. The lowest BCUT2D eigenvalue weighted by Crippen LogP contribution is -2.42. The molecule has 3 N–H and O–H groups in total. The van der Waals surface area contributed by atoms with E-state index in [0.29, 0.717) is 36.1 Å². The number of nitrogens with zero attached hydrogens (tertiary/aromatic N) is 1. The van der Waals surface area contributed by atoms with Crippen molar-refractivity contribution in [2.24, 2.45) is 17.8 Å². The highest BCUT2D eigenvalue weighted by molar-refractivity contribution is 6.06. The molecular weight excluding hydrogens is 561 g/mol. The van der Waals surface area contributed by atoms with Crippen LogP contribution in [0.1, 0.15) is 76.7 Å². The van der Waals surface area contributed by atoms with Gasteiger partial charge in [0.05, 0.1) is 24.5 Å². The third-order valence-electron chi connectivity index (χ3n) is 9.52. The smallest absolute Gasteiger partial charge is 0.234 e. The second-order valence-corrected chi connectivity index (χ2v) is 12.4. The number of hydrogen-bond donors (Lipinski definition) is 3. The fourth-order valence-corrected chi connectivity index (χ4v) is 7.42. The number of aliphatic hydroxyl groups excluding tert-OH is 2. The van der Waals surface area contributed by atoms with Crippen LogP contribution >= 0.6 is 0 Å². The molecule has 3 aliphatic rings. The van der Waals surface area contributed by atoms with E-state index < -0.39 is 35.4 Å². The number of aliphatic hydroxyl groups is 2. The van der Waals surface area contributed by atoms with Crippen molar-refractivity contribution in [1.29, 1.82) is 0 Å². The molecule has 0 spiro atoms. The lowest BCUT2D eigenvalue weighted by atomic mass is 9.68.